The molecule has 0 radical (unpaired) electrons. The van der Waals surface area contributed by atoms with E-state index in [1.807, 2.05) is 6.92 Å². The van der Waals surface area contributed by atoms with E-state index in [0.717, 1.165) is 24.2 Å². The summed E-state index contributed by atoms with van der Waals surface area (Å²) in [6.45, 7) is 4.18. The second-order valence-electron chi connectivity index (χ2n) is 3.64. The van der Waals surface area contributed by atoms with Crippen molar-refractivity contribution >= 4 is 17.6 Å². The summed E-state index contributed by atoms with van der Waals surface area (Å²) in [6, 6.07) is 0.817. The van der Waals surface area contributed by atoms with Gasteiger partial charge in [-0.25, -0.2) is 13.8 Å². The van der Waals surface area contributed by atoms with Crippen LogP contribution < -0.4 is 5.32 Å². The second kappa shape index (κ2) is 6.76. The van der Waals surface area contributed by atoms with Crippen LogP contribution in [0.5, 0.6) is 0 Å². The molecule has 17 heavy (non-hydrogen) atoms. The van der Waals surface area contributed by atoms with Crippen LogP contribution in [0.15, 0.2) is 11.1 Å². The van der Waals surface area contributed by atoms with E-state index in [0.29, 0.717) is 6.54 Å². The summed E-state index contributed by atoms with van der Waals surface area (Å²) >= 11 is 1.08. The highest BCUT2D eigenvalue weighted by molar-refractivity contribution is 7.99. The van der Waals surface area contributed by atoms with Crippen LogP contribution in [0.3, 0.4) is 0 Å². The third-order valence-corrected chi connectivity index (χ3v) is 3.07. The molecule has 0 fully saturated rings. The van der Waals surface area contributed by atoms with Gasteiger partial charge < -0.3 is 10.4 Å². The van der Waals surface area contributed by atoms with Crippen LogP contribution in [0.1, 0.15) is 20.3 Å². The summed E-state index contributed by atoms with van der Waals surface area (Å²) in [5.41, 5.74) is 0. The Hall–Kier alpha value is -0.880. The normalized spacial score (nSPS) is 12.5. The zero-order valence-corrected chi connectivity index (χ0v) is 10.7. The fraction of sp³-hybridized carbons (Fsp3) is 0.545. The van der Waals surface area contributed by atoms with Crippen molar-refractivity contribution in [3.63, 3.8) is 0 Å². The number of rotatable bonds is 6. The summed E-state index contributed by atoms with van der Waals surface area (Å²) in [5, 5.41) is 11.6. The first kappa shape index (κ1) is 14.2. The largest absolute Gasteiger partial charge is 0.395 e. The van der Waals surface area contributed by atoms with Crippen molar-refractivity contribution in [2.45, 2.75) is 30.5 Å². The Morgan fingerprint density at radius 1 is 1.47 bits per heavy atom. The molecule has 1 aromatic heterocycles. The van der Waals surface area contributed by atoms with Gasteiger partial charge in [0, 0.05) is 17.9 Å². The Morgan fingerprint density at radius 3 is 2.76 bits per heavy atom. The molecule has 0 aromatic carbocycles. The van der Waals surface area contributed by atoms with Gasteiger partial charge >= 0.3 is 0 Å². The molecule has 1 heterocycles. The fourth-order valence-corrected chi connectivity index (χ4v) is 1.90. The minimum Gasteiger partial charge on any atom is -0.395 e. The number of aliphatic hydroxyl groups excluding tert-OH is 1. The van der Waals surface area contributed by atoms with E-state index >= 15 is 0 Å². The van der Waals surface area contributed by atoms with Crippen molar-refractivity contribution in [3.05, 3.63) is 17.7 Å². The van der Waals surface area contributed by atoms with Crippen LogP contribution in [-0.4, -0.2) is 28.5 Å². The van der Waals surface area contributed by atoms with Gasteiger partial charge in [0.05, 0.1) is 6.61 Å². The third-order valence-electron chi connectivity index (χ3n) is 2.01. The molecule has 0 aliphatic carbocycles. The van der Waals surface area contributed by atoms with Gasteiger partial charge in [-0.3, -0.25) is 0 Å². The molecule has 1 unspecified atom stereocenters. The molecule has 0 saturated heterocycles. The van der Waals surface area contributed by atoms with E-state index in [-0.39, 0.29) is 22.7 Å². The fourth-order valence-electron chi connectivity index (χ4n) is 1.13. The van der Waals surface area contributed by atoms with Crippen molar-refractivity contribution in [1.29, 1.82) is 0 Å². The van der Waals surface area contributed by atoms with Crippen LogP contribution in [0.25, 0.3) is 0 Å². The van der Waals surface area contributed by atoms with E-state index < -0.39 is 11.6 Å². The molecule has 0 aliphatic rings. The molecule has 1 atom stereocenters. The number of halogens is 2. The molecule has 6 heteroatoms. The maximum absolute atomic E-state index is 13.4. The summed E-state index contributed by atoms with van der Waals surface area (Å²) in [7, 11) is 0. The molecule has 1 rings (SSSR count). The molecular weight excluding hydrogens is 246 g/mol. The van der Waals surface area contributed by atoms with Crippen LogP contribution >= 0.6 is 11.8 Å². The van der Waals surface area contributed by atoms with Crippen molar-refractivity contribution in [3.8, 4) is 0 Å². The zero-order chi connectivity index (χ0) is 12.8. The van der Waals surface area contributed by atoms with Gasteiger partial charge in [-0.2, -0.15) is 0 Å². The number of aliphatic hydroxyl groups is 1. The number of anilines is 1. The van der Waals surface area contributed by atoms with E-state index in [2.05, 4.69) is 10.3 Å². The standard InChI is InChI=1S/C11H16F2N2OS/c1-3-4-14-10-8(12)5-9(13)11(15-10)17-7(2)6-16/h5,7,16H,3-4,6H2,1-2H3,(H,14,15). The van der Waals surface area contributed by atoms with E-state index in [1.165, 1.54) is 0 Å². The maximum atomic E-state index is 13.4. The molecule has 1 aromatic rings. The molecule has 0 amide bonds. The first-order valence-electron chi connectivity index (χ1n) is 5.45. The molecule has 3 nitrogen and oxygen atoms in total. The molecule has 2 N–H and O–H groups in total. The van der Waals surface area contributed by atoms with Gasteiger partial charge in [0.2, 0.25) is 0 Å². The third kappa shape index (κ3) is 4.12. The number of nitrogens with one attached hydrogen (secondary N) is 1. The molecule has 96 valence electrons. The van der Waals surface area contributed by atoms with Gasteiger partial charge in [-0.05, 0) is 6.42 Å². The highest BCUT2D eigenvalue weighted by Gasteiger charge is 2.14. The van der Waals surface area contributed by atoms with Crippen LogP contribution in [-0.2, 0) is 0 Å². The monoisotopic (exact) mass is 262 g/mol. The summed E-state index contributed by atoms with van der Waals surface area (Å²) < 4.78 is 26.8. The first-order valence-corrected chi connectivity index (χ1v) is 6.33. The SMILES string of the molecule is CCCNc1nc(SC(C)CO)c(F)cc1F. The number of nitrogens with zero attached hydrogens (tertiary/aromatic N) is 1. The van der Waals surface area contributed by atoms with Crippen LogP contribution in [0, 0.1) is 11.6 Å². The van der Waals surface area contributed by atoms with Crippen LogP contribution in [0.2, 0.25) is 0 Å². The Labute approximate surface area is 104 Å². The van der Waals surface area contributed by atoms with Gasteiger partial charge in [0.1, 0.15) is 5.03 Å². The highest BCUT2D eigenvalue weighted by Crippen LogP contribution is 2.26. The number of hydrogen-bond acceptors (Lipinski definition) is 4. The van der Waals surface area contributed by atoms with Gasteiger partial charge in [0.25, 0.3) is 0 Å². The summed E-state index contributed by atoms with van der Waals surface area (Å²) in [6.07, 6.45) is 0.827. The Balaban J connectivity index is 2.89. The van der Waals surface area contributed by atoms with Crippen molar-refractivity contribution in [2.24, 2.45) is 0 Å². The predicted molar refractivity (Wildman–Crippen MR) is 65.3 cm³/mol. The van der Waals surface area contributed by atoms with Crippen LogP contribution in [0.4, 0.5) is 14.6 Å². The topological polar surface area (TPSA) is 45.2 Å². The lowest BCUT2D eigenvalue weighted by molar-refractivity contribution is 0.300. The molecule has 0 aliphatic heterocycles. The average Bonchev–Trinajstić information content (AvgIpc) is 2.30. The summed E-state index contributed by atoms with van der Waals surface area (Å²) in [4.78, 5) is 3.89. The van der Waals surface area contributed by atoms with Gasteiger partial charge in [-0.1, -0.05) is 25.6 Å². The number of hydrogen-bond donors (Lipinski definition) is 2. The molecule has 0 bridgehead atoms. The molecular formula is C11H16F2N2OS. The smallest absolute Gasteiger partial charge is 0.168 e. The maximum Gasteiger partial charge on any atom is 0.168 e. The van der Waals surface area contributed by atoms with Gasteiger partial charge in [-0.15, -0.1) is 0 Å². The minimum absolute atomic E-state index is 0.0564. The lowest BCUT2D eigenvalue weighted by atomic mass is 10.4. The zero-order valence-electron chi connectivity index (χ0n) is 9.83. The number of thioether (sulfide) groups is 1. The van der Waals surface area contributed by atoms with Gasteiger partial charge in [0.15, 0.2) is 17.5 Å². The lowest BCUT2D eigenvalue weighted by Gasteiger charge is -2.11. The average molecular weight is 262 g/mol. The Bertz CT molecular complexity index is 377. The second-order valence-corrected chi connectivity index (χ2v) is 5.07. The number of aromatic nitrogens is 1. The van der Waals surface area contributed by atoms with E-state index in [9.17, 15) is 8.78 Å². The van der Waals surface area contributed by atoms with Crippen molar-refractivity contribution in [1.82, 2.24) is 4.98 Å². The van der Waals surface area contributed by atoms with E-state index in [1.54, 1.807) is 6.92 Å². The number of pyridine rings is 1. The Kier molecular flexibility index (Phi) is 5.64. The van der Waals surface area contributed by atoms with E-state index in [4.69, 9.17) is 5.11 Å². The quantitative estimate of drug-likeness (QED) is 0.774. The predicted octanol–water partition coefficient (Wildman–Crippen LogP) is 2.65. The lowest BCUT2D eigenvalue weighted by Crippen LogP contribution is -2.08. The Morgan fingerprint density at radius 2 is 2.18 bits per heavy atom. The highest BCUT2D eigenvalue weighted by atomic mass is 32.2. The van der Waals surface area contributed by atoms with Crippen molar-refractivity contribution < 1.29 is 13.9 Å². The minimum atomic E-state index is -0.699. The molecule has 0 saturated carbocycles. The summed E-state index contributed by atoms with van der Waals surface area (Å²) in [5.74, 6) is -1.34. The van der Waals surface area contributed by atoms with Crippen molar-refractivity contribution in [2.75, 3.05) is 18.5 Å². The first-order chi connectivity index (χ1) is 8.08. The molecule has 0 spiro atoms.